The van der Waals surface area contributed by atoms with Crippen LogP contribution in [0.25, 0.3) is 16.7 Å². The van der Waals surface area contributed by atoms with Gasteiger partial charge in [0.05, 0.1) is 17.6 Å². The Bertz CT molecular complexity index is 1580. The van der Waals surface area contributed by atoms with Crippen molar-refractivity contribution in [3.63, 3.8) is 0 Å². The molecule has 1 aromatic carbocycles. The number of benzene rings is 1. The van der Waals surface area contributed by atoms with Crippen molar-refractivity contribution in [2.24, 2.45) is 5.92 Å². The van der Waals surface area contributed by atoms with Gasteiger partial charge < -0.3 is 19.1 Å². The topological polar surface area (TPSA) is 125 Å². The predicted molar refractivity (Wildman–Crippen MR) is 157 cm³/mol. The van der Waals surface area contributed by atoms with Gasteiger partial charge in [-0.15, -0.1) is 0 Å². The number of amides is 1. The molecule has 1 amide bonds. The summed E-state index contributed by atoms with van der Waals surface area (Å²) in [6.07, 6.45) is 5.96. The van der Waals surface area contributed by atoms with E-state index in [-0.39, 0.29) is 41.8 Å². The number of hydrogen-bond donors (Lipinski definition) is 1. The van der Waals surface area contributed by atoms with Crippen molar-refractivity contribution in [3.05, 3.63) is 53.1 Å². The molecule has 2 saturated heterocycles. The van der Waals surface area contributed by atoms with Gasteiger partial charge in [-0.2, -0.15) is 5.10 Å². The Balaban J connectivity index is 1.36. The maximum atomic E-state index is 13.8. The molecular weight excluding hydrogens is 577 g/mol. The molecule has 13 heteroatoms. The highest BCUT2D eigenvalue weighted by molar-refractivity contribution is 7.89. The Morgan fingerprint density at radius 3 is 2.42 bits per heavy atom. The minimum absolute atomic E-state index is 0.00965. The predicted octanol–water partition coefficient (Wildman–Crippen LogP) is 3.68. The highest BCUT2D eigenvalue weighted by Crippen LogP contribution is 2.43. The van der Waals surface area contributed by atoms with E-state index in [2.05, 4.69) is 14.6 Å². The molecular formula is C30H38FN5O6S. The molecule has 2 aromatic heterocycles. The molecule has 4 heterocycles. The molecule has 1 N–H and O–H groups in total. The van der Waals surface area contributed by atoms with Crippen LogP contribution in [0, 0.1) is 11.7 Å². The van der Waals surface area contributed by atoms with Gasteiger partial charge in [-0.1, -0.05) is 6.42 Å². The fourth-order valence-electron chi connectivity index (χ4n) is 6.55. The Morgan fingerprint density at radius 2 is 1.81 bits per heavy atom. The van der Waals surface area contributed by atoms with Crippen LogP contribution in [0.5, 0.6) is 0 Å². The highest BCUT2D eigenvalue weighted by Gasteiger charge is 2.38. The molecule has 1 aliphatic carbocycles. The van der Waals surface area contributed by atoms with E-state index in [4.69, 9.17) is 19.3 Å². The summed E-state index contributed by atoms with van der Waals surface area (Å²) in [4.78, 5) is 20.2. The molecule has 0 radical (unpaired) electrons. The van der Waals surface area contributed by atoms with Gasteiger partial charge in [0, 0.05) is 44.4 Å². The molecule has 3 aliphatic rings. The lowest BCUT2D eigenvalue weighted by Gasteiger charge is -2.35. The van der Waals surface area contributed by atoms with Gasteiger partial charge in [-0.05, 0) is 80.6 Å². The molecule has 0 spiro atoms. The van der Waals surface area contributed by atoms with Crippen molar-refractivity contribution in [3.8, 4) is 5.69 Å². The molecule has 0 bridgehead atoms. The van der Waals surface area contributed by atoms with Crippen molar-refractivity contribution in [1.29, 1.82) is 0 Å². The van der Waals surface area contributed by atoms with Crippen molar-refractivity contribution < 1.29 is 31.8 Å². The number of likely N-dealkylation sites (tertiary alicyclic amines) is 1. The third-order valence-electron chi connectivity index (χ3n) is 8.95. The monoisotopic (exact) mass is 615 g/mol. The fourth-order valence-corrected chi connectivity index (χ4v) is 6.99. The van der Waals surface area contributed by atoms with Crippen molar-refractivity contribution in [2.75, 3.05) is 40.1 Å². The summed E-state index contributed by atoms with van der Waals surface area (Å²) in [5.74, 6) is -0.584. The Hall–Kier alpha value is -2.97. The first-order valence-electron chi connectivity index (χ1n) is 14.8. The normalized spacial score (nSPS) is 24.0. The van der Waals surface area contributed by atoms with Crippen molar-refractivity contribution in [1.82, 2.24) is 24.4 Å². The quantitative estimate of drug-likeness (QED) is 0.384. The average Bonchev–Trinajstić information content (AvgIpc) is 3.53. The van der Waals surface area contributed by atoms with E-state index < -0.39 is 15.9 Å². The number of ether oxygens (including phenoxy) is 3. The first kappa shape index (κ1) is 30.1. The standard InChI is InChI=1S/C30H38FN5O6S/c1-40-25-15-20(30(41-2)42-25)17-35-13-11-18(12-14-35)23-16-24(29(37)34-43(3,38)39)32-28-26(23)27(19-5-4-6-19)33-36(28)22-9-7-21(31)8-10-22/h7-10,16,18-20,25,30H,4-6,11-15,17H2,1-3H3,(H,34,37). The first-order chi connectivity index (χ1) is 20.6. The second-order valence-electron chi connectivity index (χ2n) is 11.9. The summed E-state index contributed by atoms with van der Waals surface area (Å²) in [6.45, 7) is 2.51. The third-order valence-corrected chi connectivity index (χ3v) is 9.51. The van der Waals surface area contributed by atoms with E-state index in [1.165, 1.54) is 12.1 Å². The average molecular weight is 616 g/mol. The zero-order valence-electron chi connectivity index (χ0n) is 24.7. The van der Waals surface area contributed by atoms with Crippen molar-refractivity contribution in [2.45, 2.75) is 62.9 Å². The number of methoxy groups -OCH3 is 2. The van der Waals surface area contributed by atoms with Crippen LogP contribution in [0.3, 0.4) is 0 Å². The number of halogens is 1. The lowest BCUT2D eigenvalue weighted by atomic mass is 9.79. The van der Waals surface area contributed by atoms with Gasteiger partial charge in [0.15, 0.2) is 18.2 Å². The molecule has 1 saturated carbocycles. The number of fused-ring (bicyclic) bond motifs is 1. The number of nitrogens with one attached hydrogen (secondary N) is 1. The van der Waals surface area contributed by atoms with Gasteiger partial charge in [0.25, 0.3) is 5.91 Å². The summed E-state index contributed by atoms with van der Waals surface area (Å²) >= 11 is 0. The number of nitrogens with zero attached hydrogens (tertiary/aromatic N) is 4. The minimum Gasteiger partial charge on any atom is -0.356 e. The van der Waals surface area contributed by atoms with E-state index in [1.807, 2.05) is 0 Å². The van der Waals surface area contributed by atoms with Crippen LogP contribution < -0.4 is 4.72 Å². The molecule has 3 aromatic rings. The van der Waals surface area contributed by atoms with Gasteiger partial charge in [-0.25, -0.2) is 27.2 Å². The van der Waals surface area contributed by atoms with Crippen LogP contribution in [0.4, 0.5) is 4.39 Å². The summed E-state index contributed by atoms with van der Waals surface area (Å²) in [5.41, 5.74) is 2.99. The Morgan fingerprint density at radius 1 is 1.09 bits per heavy atom. The molecule has 2 aliphatic heterocycles. The Kier molecular flexibility index (Phi) is 8.53. The summed E-state index contributed by atoms with van der Waals surface area (Å²) in [7, 11) is -0.511. The van der Waals surface area contributed by atoms with Crippen LogP contribution >= 0.6 is 0 Å². The summed E-state index contributed by atoms with van der Waals surface area (Å²) in [5, 5.41) is 5.90. The number of pyridine rings is 1. The van der Waals surface area contributed by atoms with Crippen molar-refractivity contribution >= 4 is 27.0 Å². The first-order valence-corrected chi connectivity index (χ1v) is 16.7. The SMILES string of the molecule is COC1CC(CN2CCC(c3cc(C(=O)NS(C)(=O)=O)nc4c3c(C3CCC3)nn4-c3ccc(F)cc3)CC2)C(OC)O1. The number of piperidine rings is 1. The number of sulfonamides is 1. The minimum atomic E-state index is -3.80. The van der Waals surface area contributed by atoms with Crippen LogP contribution in [-0.4, -0.2) is 86.7 Å². The molecule has 43 heavy (non-hydrogen) atoms. The van der Waals surface area contributed by atoms with E-state index in [0.29, 0.717) is 11.3 Å². The lowest BCUT2D eigenvalue weighted by molar-refractivity contribution is -0.193. The molecule has 11 nitrogen and oxygen atoms in total. The van der Waals surface area contributed by atoms with Gasteiger partial charge in [0.2, 0.25) is 10.0 Å². The fraction of sp³-hybridized carbons (Fsp3) is 0.567. The molecule has 6 rings (SSSR count). The molecule has 3 atom stereocenters. The van der Waals surface area contributed by atoms with E-state index in [9.17, 15) is 17.6 Å². The number of rotatable bonds is 9. The zero-order chi connectivity index (χ0) is 30.3. The van der Waals surface area contributed by atoms with Gasteiger partial charge in [0.1, 0.15) is 11.5 Å². The van der Waals surface area contributed by atoms with Gasteiger partial charge >= 0.3 is 0 Å². The zero-order valence-corrected chi connectivity index (χ0v) is 25.5. The molecule has 3 unspecified atom stereocenters. The second kappa shape index (κ2) is 12.2. The summed E-state index contributed by atoms with van der Waals surface area (Å²) < 4.78 is 58.2. The Labute approximate surface area is 250 Å². The van der Waals surface area contributed by atoms with Crippen LogP contribution in [-0.2, 0) is 24.2 Å². The number of carbonyl (C=O) groups is 1. The highest BCUT2D eigenvalue weighted by atomic mass is 32.2. The van der Waals surface area contributed by atoms with E-state index >= 15 is 0 Å². The number of carbonyl (C=O) groups excluding carboxylic acids is 1. The number of hydrogen-bond acceptors (Lipinski definition) is 9. The smallest absolute Gasteiger partial charge is 0.283 e. The number of aromatic nitrogens is 3. The maximum absolute atomic E-state index is 13.8. The largest absolute Gasteiger partial charge is 0.356 e. The maximum Gasteiger partial charge on any atom is 0.283 e. The van der Waals surface area contributed by atoms with Crippen LogP contribution in [0.2, 0.25) is 0 Å². The van der Waals surface area contributed by atoms with E-state index in [1.54, 1.807) is 37.1 Å². The second-order valence-corrected chi connectivity index (χ2v) is 13.6. The summed E-state index contributed by atoms with van der Waals surface area (Å²) in [6, 6.07) is 7.73. The molecule has 3 fully saturated rings. The van der Waals surface area contributed by atoms with Crippen LogP contribution in [0.15, 0.2) is 30.3 Å². The van der Waals surface area contributed by atoms with E-state index in [0.717, 1.165) is 81.1 Å². The lowest BCUT2D eigenvalue weighted by Crippen LogP contribution is -2.39. The third kappa shape index (κ3) is 6.32. The van der Waals surface area contributed by atoms with Crippen LogP contribution in [0.1, 0.15) is 72.1 Å². The van der Waals surface area contributed by atoms with Gasteiger partial charge in [-0.3, -0.25) is 4.79 Å². The molecule has 232 valence electrons.